The van der Waals surface area contributed by atoms with E-state index >= 15 is 0 Å². The van der Waals surface area contributed by atoms with Crippen LogP contribution in [-0.4, -0.2) is 16.1 Å². The lowest BCUT2D eigenvalue weighted by atomic mass is 10.1. The Kier molecular flexibility index (Phi) is 3.39. The Bertz CT molecular complexity index is 566. The van der Waals surface area contributed by atoms with E-state index in [0.717, 1.165) is 5.56 Å². The van der Waals surface area contributed by atoms with Gasteiger partial charge < -0.3 is 5.32 Å². The maximum absolute atomic E-state index is 11.8. The Morgan fingerprint density at radius 3 is 2.72 bits per heavy atom. The SMILES string of the molecule is CC(NC(=O)c1cn[nH]c1)c1ccc(C#N)cc1. The summed E-state index contributed by atoms with van der Waals surface area (Å²) in [6.07, 6.45) is 3.02. The molecule has 1 atom stereocenters. The Morgan fingerprint density at radius 1 is 1.44 bits per heavy atom. The molecule has 1 aromatic heterocycles. The van der Waals surface area contributed by atoms with E-state index in [1.807, 2.05) is 19.1 Å². The van der Waals surface area contributed by atoms with E-state index in [4.69, 9.17) is 5.26 Å². The van der Waals surface area contributed by atoms with Gasteiger partial charge in [0, 0.05) is 6.20 Å². The summed E-state index contributed by atoms with van der Waals surface area (Å²) in [5.41, 5.74) is 2.05. The second kappa shape index (κ2) is 5.15. The zero-order chi connectivity index (χ0) is 13.0. The number of hydrogen-bond donors (Lipinski definition) is 2. The molecule has 0 fully saturated rings. The van der Waals surface area contributed by atoms with E-state index in [-0.39, 0.29) is 11.9 Å². The highest BCUT2D eigenvalue weighted by Crippen LogP contribution is 2.13. The summed E-state index contributed by atoms with van der Waals surface area (Å²) in [7, 11) is 0. The third-order valence-electron chi connectivity index (χ3n) is 2.65. The van der Waals surface area contributed by atoms with Gasteiger partial charge in [-0.1, -0.05) is 12.1 Å². The Morgan fingerprint density at radius 2 is 2.17 bits per heavy atom. The van der Waals surface area contributed by atoms with Crippen LogP contribution in [0.5, 0.6) is 0 Å². The second-order valence-corrected chi connectivity index (χ2v) is 3.92. The van der Waals surface area contributed by atoms with E-state index < -0.39 is 0 Å². The zero-order valence-electron chi connectivity index (χ0n) is 9.84. The number of aromatic amines is 1. The minimum Gasteiger partial charge on any atom is -0.345 e. The highest BCUT2D eigenvalue weighted by atomic mass is 16.1. The van der Waals surface area contributed by atoms with Gasteiger partial charge in [-0.25, -0.2) is 0 Å². The van der Waals surface area contributed by atoms with Crippen molar-refractivity contribution in [1.82, 2.24) is 15.5 Å². The molecule has 2 N–H and O–H groups in total. The van der Waals surface area contributed by atoms with E-state index in [1.165, 1.54) is 6.20 Å². The van der Waals surface area contributed by atoms with E-state index in [1.54, 1.807) is 18.3 Å². The van der Waals surface area contributed by atoms with Crippen molar-refractivity contribution in [2.75, 3.05) is 0 Å². The Hall–Kier alpha value is -2.61. The van der Waals surface area contributed by atoms with Crippen LogP contribution in [0.25, 0.3) is 0 Å². The predicted octanol–water partition coefficient (Wildman–Crippen LogP) is 1.77. The fraction of sp³-hybridized carbons (Fsp3) is 0.154. The number of amides is 1. The van der Waals surface area contributed by atoms with Crippen LogP contribution in [0, 0.1) is 11.3 Å². The lowest BCUT2D eigenvalue weighted by Crippen LogP contribution is -2.26. The van der Waals surface area contributed by atoms with Crippen molar-refractivity contribution in [1.29, 1.82) is 5.26 Å². The summed E-state index contributed by atoms with van der Waals surface area (Å²) in [6.45, 7) is 1.89. The molecule has 5 heteroatoms. The third kappa shape index (κ3) is 2.55. The van der Waals surface area contributed by atoms with Crippen molar-refractivity contribution in [3.05, 3.63) is 53.3 Å². The van der Waals surface area contributed by atoms with Crippen molar-refractivity contribution in [2.45, 2.75) is 13.0 Å². The van der Waals surface area contributed by atoms with Crippen molar-refractivity contribution >= 4 is 5.91 Å². The normalized spacial score (nSPS) is 11.6. The number of aromatic nitrogens is 2. The number of carbonyl (C=O) groups excluding carboxylic acids is 1. The van der Waals surface area contributed by atoms with Gasteiger partial charge in [-0.15, -0.1) is 0 Å². The van der Waals surface area contributed by atoms with Crippen molar-refractivity contribution < 1.29 is 4.79 Å². The number of carbonyl (C=O) groups is 1. The number of rotatable bonds is 3. The van der Waals surface area contributed by atoms with Gasteiger partial charge >= 0.3 is 0 Å². The highest BCUT2D eigenvalue weighted by Gasteiger charge is 2.11. The first-order valence-corrected chi connectivity index (χ1v) is 5.50. The molecule has 1 heterocycles. The van der Waals surface area contributed by atoms with Crippen LogP contribution in [0.15, 0.2) is 36.7 Å². The van der Waals surface area contributed by atoms with Gasteiger partial charge in [-0.05, 0) is 24.6 Å². The number of nitrogens with one attached hydrogen (secondary N) is 2. The van der Waals surface area contributed by atoms with Gasteiger partial charge in [0.15, 0.2) is 0 Å². The molecule has 0 saturated carbocycles. The fourth-order valence-electron chi connectivity index (χ4n) is 1.58. The molecule has 2 rings (SSSR count). The van der Waals surface area contributed by atoms with Crippen LogP contribution in [-0.2, 0) is 0 Å². The quantitative estimate of drug-likeness (QED) is 0.857. The molecular formula is C13H12N4O. The molecule has 0 spiro atoms. The van der Waals surface area contributed by atoms with Crippen LogP contribution in [0.3, 0.4) is 0 Å². The molecular weight excluding hydrogens is 228 g/mol. The van der Waals surface area contributed by atoms with Crippen LogP contribution < -0.4 is 5.32 Å². The van der Waals surface area contributed by atoms with Crippen LogP contribution in [0.4, 0.5) is 0 Å². The molecule has 18 heavy (non-hydrogen) atoms. The lowest BCUT2D eigenvalue weighted by Gasteiger charge is -2.13. The molecule has 1 unspecified atom stereocenters. The maximum atomic E-state index is 11.8. The average Bonchev–Trinajstić information content (AvgIpc) is 2.92. The minimum atomic E-state index is -0.180. The molecule has 0 aliphatic heterocycles. The van der Waals surface area contributed by atoms with Crippen molar-refractivity contribution in [3.8, 4) is 6.07 Å². The van der Waals surface area contributed by atoms with E-state index in [9.17, 15) is 4.79 Å². The van der Waals surface area contributed by atoms with Crippen LogP contribution in [0.2, 0.25) is 0 Å². The number of hydrogen-bond acceptors (Lipinski definition) is 3. The predicted molar refractivity (Wildman–Crippen MR) is 65.6 cm³/mol. The lowest BCUT2D eigenvalue weighted by molar-refractivity contribution is 0.0940. The Balaban J connectivity index is 2.05. The molecule has 0 aliphatic rings. The van der Waals surface area contributed by atoms with Gasteiger partial charge in [0.1, 0.15) is 0 Å². The first kappa shape index (κ1) is 11.9. The summed E-state index contributed by atoms with van der Waals surface area (Å²) in [5.74, 6) is -0.180. The number of H-pyrrole nitrogens is 1. The molecule has 90 valence electrons. The molecule has 0 bridgehead atoms. The fourth-order valence-corrected chi connectivity index (χ4v) is 1.58. The van der Waals surface area contributed by atoms with E-state index in [0.29, 0.717) is 11.1 Å². The highest BCUT2D eigenvalue weighted by molar-refractivity contribution is 5.93. The molecule has 0 radical (unpaired) electrons. The average molecular weight is 240 g/mol. The van der Waals surface area contributed by atoms with Gasteiger partial charge in [0.05, 0.1) is 29.4 Å². The molecule has 0 aliphatic carbocycles. The van der Waals surface area contributed by atoms with Gasteiger partial charge in [-0.2, -0.15) is 10.4 Å². The third-order valence-corrected chi connectivity index (χ3v) is 2.65. The largest absolute Gasteiger partial charge is 0.345 e. The zero-order valence-corrected chi connectivity index (χ0v) is 9.84. The van der Waals surface area contributed by atoms with E-state index in [2.05, 4.69) is 21.6 Å². The Labute approximate surface area is 104 Å². The number of nitriles is 1. The minimum absolute atomic E-state index is 0.125. The summed E-state index contributed by atoms with van der Waals surface area (Å²) in [6, 6.07) is 9.06. The smallest absolute Gasteiger partial charge is 0.254 e. The maximum Gasteiger partial charge on any atom is 0.254 e. The van der Waals surface area contributed by atoms with Crippen LogP contribution in [0.1, 0.15) is 34.5 Å². The monoisotopic (exact) mass is 240 g/mol. The number of benzene rings is 1. The summed E-state index contributed by atoms with van der Waals surface area (Å²) in [4.78, 5) is 11.8. The summed E-state index contributed by atoms with van der Waals surface area (Å²) >= 11 is 0. The first-order valence-electron chi connectivity index (χ1n) is 5.50. The molecule has 0 saturated heterocycles. The summed E-state index contributed by atoms with van der Waals surface area (Å²) < 4.78 is 0. The van der Waals surface area contributed by atoms with Gasteiger partial charge in [-0.3, -0.25) is 9.89 Å². The molecule has 1 aromatic carbocycles. The number of nitrogens with zero attached hydrogens (tertiary/aromatic N) is 2. The van der Waals surface area contributed by atoms with Gasteiger partial charge in [0.2, 0.25) is 0 Å². The molecule has 5 nitrogen and oxygen atoms in total. The summed E-state index contributed by atoms with van der Waals surface area (Å²) in [5, 5.41) is 17.9. The van der Waals surface area contributed by atoms with Crippen molar-refractivity contribution in [3.63, 3.8) is 0 Å². The topological polar surface area (TPSA) is 81.6 Å². The molecule has 2 aromatic rings. The van der Waals surface area contributed by atoms with Crippen molar-refractivity contribution in [2.24, 2.45) is 0 Å². The van der Waals surface area contributed by atoms with Crippen LogP contribution >= 0.6 is 0 Å². The second-order valence-electron chi connectivity index (χ2n) is 3.92. The molecule has 1 amide bonds. The first-order chi connectivity index (χ1) is 8.70. The standard InChI is InChI=1S/C13H12N4O/c1-9(11-4-2-10(6-14)3-5-11)17-13(18)12-7-15-16-8-12/h2-5,7-9H,1H3,(H,15,16)(H,17,18). The van der Waals surface area contributed by atoms with Gasteiger partial charge in [0.25, 0.3) is 5.91 Å².